The Kier molecular flexibility index (Phi) is 5.41. The van der Waals surface area contributed by atoms with E-state index in [-0.39, 0.29) is 5.91 Å². The fourth-order valence-electron chi connectivity index (χ4n) is 2.39. The molecule has 1 aromatic rings. The van der Waals surface area contributed by atoms with Gasteiger partial charge in [-0.25, -0.2) is 0 Å². The van der Waals surface area contributed by atoms with Gasteiger partial charge in [-0.15, -0.1) is 6.42 Å². The Morgan fingerprint density at radius 2 is 2.05 bits per heavy atom. The van der Waals surface area contributed by atoms with Gasteiger partial charge in [-0.1, -0.05) is 44.0 Å². The summed E-state index contributed by atoms with van der Waals surface area (Å²) in [6.45, 7) is 5.95. The first kappa shape index (κ1) is 15.6. The quantitative estimate of drug-likeness (QED) is 0.780. The second-order valence-corrected chi connectivity index (χ2v) is 6.01. The average molecular weight is 284 g/mol. The molecule has 3 heteroatoms. The molecule has 0 spiro atoms. The molecule has 0 radical (unpaired) electrons. The van der Waals surface area contributed by atoms with E-state index in [1.165, 1.54) is 24.0 Å². The molecular formula is C18H24N2O. The van der Waals surface area contributed by atoms with Crippen LogP contribution < -0.4 is 5.32 Å². The van der Waals surface area contributed by atoms with Crippen molar-refractivity contribution in [1.29, 1.82) is 0 Å². The summed E-state index contributed by atoms with van der Waals surface area (Å²) in [6.07, 6.45) is 7.54. The van der Waals surface area contributed by atoms with Crippen molar-refractivity contribution in [2.45, 2.75) is 45.2 Å². The molecule has 1 saturated carbocycles. The normalized spacial score (nSPS) is 14.2. The molecule has 1 aliphatic rings. The van der Waals surface area contributed by atoms with Crippen LogP contribution in [-0.4, -0.2) is 29.9 Å². The summed E-state index contributed by atoms with van der Waals surface area (Å²) in [4.78, 5) is 14.1. The number of hydrogen-bond acceptors (Lipinski definition) is 2. The van der Waals surface area contributed by atoms with Gasteiger partial charge in [0.05, 0.1) is 13.1 Å². The second kappa shape index (κ2) is 7.28. The number of carbonyl (C=O) groups is 1. The van der Waals surface area contributed by atoms with Crippen LogP contribution in [0.4, 0.5) is 0 Å². The smallest absolute Gasteiger partial charge is 0.234 e. The fraction of sp³-hybridized carbons (Fsp3) is 0.500. The number of rotatable bonds is 7. The summed E-state index contributed by atoms with van der Waals surface area (Å²) in [5.41, 5.74) is 2.61. The maximum absolute atomic E-state index is 11.8. The van der Waals surface area contributed by atoms with Crippen molar-refractivity contribution in [3.8, 4) is 12.3 Å². The molecule has 2 rings (SSSR count). The molecule has 0 aliphatic heterocycles. The van der Waals surface area contributed by atoms with E-state index >= 15 is 0 Å². The zero-order valence-electron chi connectivity index (χ0n) is 12.9. The minimum atomic E-state index is 0.0126. The van der Waals surface area contributed by atoms with Crippen molar-refractivity contribution in [3.05, 3.63) is 35.4 Å². The molecule has 1 amide bonds. The summed E-state index contributed by atoms with van der Waals surface area (Å²) in [5.74, 6) is 2.99. The number of nitrogens with zero attached hydrogens (tertiary/aromatic N) is 1. The predicted octanol–water partition coefficient (Wildman–Crippen LogP) is 2.52. The topological polar surface area (TPSA) is 32.3 Å². The number of terminal acetylenes is 1. The SMILES string of the molecule is C#CCNC(=O)CN(Cc1ccc(C(C)C)cc1)C1CC1. The van der Waals surface area contributed by atoms with Crippen LogP contribution >= 0.6 is 0 Å². The molecule has 1 aromatic carbocycles. The minimum absolute atomic E-state index is 0.0126. The van der Waals surface area contributed by atoms with Crippen molar-refractivity contribution in [2.75, 3.05) is 13.1 Å². The lowest BCUT2D eigenvalue weighted by atomic mass is 10.0. The van der Waals surface area contributed by atoms with Gasteiger partial charge >= 0.3 is 0 Å². The summed E-state index contributed by atoms with van der Waals surface area (Å²) in [6, 6.07) is 9.26. The predicted molar refractivity (Wildman–Crippen MR) is 85.8 cm³/mol. The van der Waals surface area contributed by atoms with Crippen LogP contribution in [0.2, 0.25) is 0 Å². The Hall–Kier alpha value is -1.79. The number of carbonyl (C=O) groups excluding carboxylic acids is 1. The zero-order chi connectivity index (χ0) is 15.2. The van der Waals surface area contributed by atoms with E-state index in [0.29, 0.717) is 25.0 Å². The van der Waals surface area contributed by atoms with E-state index in [2.05, 4.69) is 54.3 Å². The van der Waals surface area contributed by atoms with Crippen LogP contribution in [0, 0.1) is 12.3 Å². The Labute approximate surface area is 127 Å². The van der Waals surface area contributed by atoms with Crippen LogP contribution in [0.5, 0.6) is 0 Å². The van der Waals surface area contributed by atoms with E-state index in [1.54, 1.807) is 0 Å². The van der Waals surface area contributed by atoms with Crippen molar-refractivity contribution in [2.24, 2.45) is 0 Å². The number of benzene rings is 1. The molecule has 0 saturated heterocycles. The average Bonchev–Trinajstić information content (AvgIpc) is 3.29. The molecule has 112 valence electrons. The van der Waals surface area contributed by atoms with Crippen LogP contribution in [-0.2, 0) is 11.3 Å². The molecule has 0 heterocycles. The maximum atomic E-state index is 11.8. The Morgan fingerprint density at radius 1 is 1.38 bits per heavy atom. The van der Waals surface area contributed by atoms with Gasteiger partial charge in [-0.2, -0.15) is 0 Å². The van der Waals surface area contributed by atoms with Gasteiger partial charge in [-0.3, -0.25) is 9.69 Å². The molecule has 3 nitrogen and oxygen atoms in total. The van der Waals surface area contributed by atoms with Crippen molar-refractivity contribution in [1.82, 2.24) is 10.2 Å². The molecule has 0 bridgehead atoms. The molecule has 0 atom stereocenters. The molecule has 0 unspecified atom stereocenters. The van der Waals surface area contributed by atoms with Crippen LogP contribution in [0.15, 0.2) is 24.3 Å². The highest BCUT2D eigenvalue weighted by Gasteiger charge is 2.30. The third kappa shape index (κ3) is 4.91. The van der Waals surface area contributed by atoms with Gasteiger partial charge in [-0.05, 0) is 29.9 Å². The monoisotopic (exact) mass is 284 g/mol. The first-order chi connectivity index (χ1) is 10.1. The molecular weight excluding hydrogens is 260 g/mol. The van der Waals surface area contributed by atoms with Gasteiger partial charge in [0, 0.05) is 12.6 Å². The third-order valence-electron chi connectivity index (χ3n) is 3.83. The Morgan fingerprint density at radius 3 is 2.57 bits per heavy atom. The van der Waals surface area contributed by atoms with Crippen molar-refractivity contribution < 1.29 is 4.79 Å². The first-order valence-electron chi connectivity index (χ1n) is 7.63. The van der Waals surface area contributed by atoms with Gasteiger partial charge in [0.25, 0.3) is 0 Å². The lowest BCUT2D eigenvalue weighted by molar-refractivity contribution is -0.122. The summed E-state index contributed by atoms with van der Waals surface area (Å²) in [7, 11) is 0. The first-order valence-corrected chi connectivity index (χ1v) is 7.63. The minimum Gasteiger partial charge on any atom is -0.344 e. The van der Waals surface area contributed by atoms with Crippen molar-refractivity contribution in [3.63, 3.8) is 0 Å². The van der Waals surface area contributed by atoms with Gasteiger partial charge in [0.1, 0.15) is 0 Å². The zero-order valence-corrected chi connectivity index (χ0v) is 12.9. The second-order valence-electron chi connectivity index (χ2n) is 6.01. The van der Waals surface area contributed by atoms with E-state index < -0.39 is 0 Å². The van der Waals surface area contributed by atoms with E-state index in [4.69, 9.17) is 6.42 Å². The number of hydrogen-bond donors (Lipinski definition) is 1. The van der Waals surface area contributed by atoms with Crippen molar-refractivity contribution >= 4 is 5.91 Å². The van der Waals surface area contributed by atoms with Crippen LogP contribution in [0.1, 0.15) is 43.7 Å². The van der Waals surface area contributed by atoms with Gasteiger partial charge in [0.15, 0.2) is 0 Å². The summed E-state index contributed by atoms with van der Waals surface area (Å²) < 4.78 is 0. The molecule has 1 aliphatic carbocycles. The fourth-order valence-corrected chi connectivity index (χ4v) is 2.39. The van der Waals surface area contributed by atoms with Gasteiger partial charge < -0.3 is 5.32 Å². The largest absolute Gasteiger partial charge is 0.344 e. The summed E-state index contributed by atoms with van der Waals surface area (Å²) >= 11 is 0. The maximum Gasteiger partial charge on any atom is 0.234 e. The molecule has 1 N–H and O–H groups in total. The highest BCUT2D eigenvalue weighted by atomic mass is 16.2. The Bertz CT molecular complexity index is 509. The van der Waals surface area contributed by atoms with Gasteiger partial charge in [0.2, 0.25) is 5.91 Å². The van der Waals surface area contributed by atoms with Crippen LogP contribution in [0.25, 0.3) is 0 Å². The lowest BCUT2D eigenvalue weighted by Gasteiger charge is -2.21. The Balaban J connectivity index is 1.93. The lowest BCUT2D eigenvalue weighted by Crippen LogP contribution is -2.38. The third-order valence-corrected chi connectivity index (χ3v) is 3.83. The number of nitrogens with one attached hydrogen (secondary N) is 1. The number of amides is 1. The van der Waals surface area contributed by atoms with E-state index in [0.717, 1.165) is 6.54 Å². The van der Waals surface area contributed by atoms with E-state index in [1.807, 2.05) is 0 Å². The van der Waals surface area contributed by atoms with E-state index in [9.17, 15) is 4.79 Å². The highest BCUT2D eigenvalue weighted by molar-refractivity contribution is 5.78. The molecule has 1 fully saturated rings. The van der Waals surface area contributed by atoms with Crippen LogP contribution in [0.3, 0.4) is 0 Å². The molecule has 0 aromatic heterocycles. The molecule has 21 heavy (non-hydrogen) atoms. The highest BCUT2D eigenvalue weighted by Crippen LogP contribution is 2.28. The standard InChI is InChI=1S/C18H24N2O/c1-4-11-19-18(21)13-20(17-9-10-17)12-15-5-7-16(8-6-15)14(2)3/h1,5-8,14,17H,9-13H2,2-3H3,(H,19,21). The summed E-state index contributed by atoms with van der Waals surface area (Å²) in [5, 5.41) is 2.74.